The molecule has 1 aliphatic rings. The molecule has 1 aromatic carbocycles. The van der Waals surface area contributed by atoms with E-state index in [1.54, 1.807) is 0 Å². The number of nitrogens with two attached hydrogens (primary N) is 1. The predicted octanol–water partition coefficient (Wildman–Crippen LogP) is 1.57. The van der Waals surface area contributed by atoms with Crippen molar-refractivity contribution in [2.75, 3.05) is 29.9 Å². The summed E-state index contributed by atoms with van der Waals surface area (Å²) in [5.41, 5.74) is 7.27. The molecule has 92 valence electrons. The molecule has 0 aliphatic carbocycles. The third-order valence-corrected chi connectivity index (χ3v) is 3.06. The van der Waals surface area contributed by atoms with E-state index in [-0.39, 0.29) is 12.5 Å². The van der Waals surface area contributed by atoms with Gasteiger partial charge < -0.3 is 16.0 Å². The lowest BCUT2D eigenvalue weighted by atomic mass is 10.1. The summed E-state index contributed by atoms with van der Waals surface area (Å²) in [7, 11) is 0. The van der Waals surface area contributed by atoms with E-state index >= 15 is 0 Å². The molecule has 0 radical (unpaired) electrons. The summed E-state index contributed by atoms with van der Waals surface area (Å²) < 4.78 is 0. The monoisotopic (exact) mass is 233 g/mol. The molecular weight excluding hydrogens is 214 g/mol. The Bertz CT molecular complexity index is 369. The first-order chi connectivity index (χ1) is 8.25. The van der Waals surface area contributed by atoms with Crippen LogP contribution in [0, 0.1) is 0 Å². The number of anilines is 2. The second kappa shape index (κ2) is 5.57. The number of nitrogens with zero attached hydrogens (tertiary/aromatic N) is 1. The lowest BCUT2D eigenvalue weighted by Crippen LogP contribution is -2.29. The lowest BCUT2D eigenvalue weighted by Gasteiger charge is -2.28. The number of piperidine rings is 1. The Morgan fingerprint density at radius 3 is 2.41 bits per heavy atom. The van der Waals surface area contributed by atoms with Gasteiger partial charge in [0.05, 0.1) is 6.54 Å². The van der Waals surface area contributed by atoms with Crippen LogP contribution in [-0.2, 0) is 4.79 Å². The van der Waals surface area contributed by atoms with Gasteiger partial charge in [-0.2, -0.15) is 0 Å². The number of carbonyl (C=O) groups is 1. The van der Waals surface area contributed by atoms with Crippen molar-refractivity contribution >= 4 is 17.3 Å². The van der Waals surface area contributed by atoms with Crippen LogP contribution in [-0.4, -0.2) is 25.5 Å². The van der Waals surface area contributed by atoms with E-state index in [4.69, 9.17) is 5.73 Å². The minimum atomic E-state index is -0.342. The molecule has 2 rings (SSSR count). The Labute approximate surface area is 102 Å². The van der Waals surface area contributed by atoms with E-state index in [1.165, 1.54) is 24.9 Å². The Morgan fingerprint density at radius 2 is 1.82 bits per heavy atom. The summed E-state index contributed by atoms with van der Waals surface area (Å²) in [4.78, 5) is 13.0. The number of primary amides is 1. The smallest absolute Gasteiger partial charge is 0.236 e. The van der Waals surface area contributed by atoms with Crippen molar-refractivity contribution in [2.45, 2.75) is 19.3 Å². The zero-order chi connectivity index (χ0) is 12.1. The number of amides is 1. The van der Waals surface area contributed by atoms with Crippen molar-refractivity contribution in [3.8, 4) is 0 Å². The molecule has 0 atom stereocenters. The van der Waals surface area contributed by atoms with Crippen LogP contribution < -0.4 is 16.0 Å². The SMILES string of the molecule is NC(=O)CNc1ccc(N2CCCCC2)cc1. The van der Waals surface area contributed by atoms with Gasteiger partial charge in [-0.15, -0.1) is 0 Å². The van der Waals surface area contributed by atoms with E-state index in [9.17, 15) is 4.79 Å². The topological polar surface area (TPSA) is 58.4 Å². The van der Waals surface area contributed by atoms with Crippen molar-refractivity contribution in [2.24, 2.45) is 5.73 Å². The van der Waals surface area contributed by atoms with E-state index in [1.807, 2.05) is 12.1 Å². The van der Waals surface area contributed by atoms with Crippen LogP contribution in [0.3, 0.4) is 0 Å². The highest BCUT2D eigenvalue weighted by atomic mass is 16.1. The molecule has 0 unspecified atom stereocenters. The molecule has 1 heterocycles. The highest BCUT2D eigenvalue weighted by Gasteiger charge is 2.10. The molecule has 1 saturated heterocycles. The van der Waals surface area contributed by atoms with Gasteiger partial charge >= 0.3 is 0 Å². The second-order valence-electron chi connectivity index (χ2n) is 4.41. The van der Waals surface area contributed by atoms with Gasteiger partial charge in [-0.25, -0.2) is 0 Å². The Kier molecular flexibility index (Phi) is 3.85. The Balaban J connectivity index is 1.94. The van der Waals surface area contributed by atoms with Gasteiger partial charge in [0, 0.05) is 24.5 Å². The summed E-state index contributed by atoms with van der Waals surface area (Å²) in [6.45, 7) is 2.48. The van der Waals surface area contributed by atoms with Crippen LogP contribution in [0.5, 0.6) is 0 Å². The molecule has 3 N–H and O–H groups in total. The van der Waals surface area contributed by atoms with Crippen LogP contribution in [0.1, 0.15) is 19.3 Å². The van der Waals surface area contributed by atoms with Crippen LogP contribution in [0.25, 0.3) is 0 Å². The average molecular weight is 233 g/mol. The Hall–Kier alpha value is -1.71. The molecule has 17 heavy (non-hydrogen) atoms. The van der Waals surface area contributed by atoms with E-state index in [2.05, 4.69) is 22.3 Å². The summed E-state index contributed by atoms with van der Waals surface area (Å²) in [5, 5.41) is 2.98. The first-order valence-electron chi connectivity index (χ1n) is 6.13. The van der Waals surface area contributed by atoms with E-state index in [0.717, 1.165) is 18.8 Å². The van der Waals surface area contributed by atoms with Gasteiger partial charge in [-0.05, 0) is 43.5 Å². The maximum Gasteiger partial charge on any atom is 0.236 e. The van der Waals surface area contributed by atoms with Crippen LogP contribution in [0.2, 0.25) is 0 Å². The normalized spacial score (nSPS) is 15.6. The highest BCUT2D eigenvalue weighted by molar-refractivity contribution is 5.78. The van der Waals surface area contributed by atoms with Crippen molar-refractivity contribution in [3.05, 3.63) is 24.3 Å². The first-order valence-corrected chi connectivity index (χ1v) is 6.13. The quantitative estimate of drug-likeness (QED) is 0.830. The standard InChI is InChI=1S/C13H19N3O/c14-13(17)10-15-11-4-6-12(7-5-11)16-8-2-1-3-9-16/h4-7,15H,1-3,8-10H2,(H2,14,17). The third-order valence-electron chi connectivity index (χ3n) is 3.06. The second-order valence-corrected chi connectivity index (χ2v) is 4.41. The number of hydrogen-bond donors (Lipinski definition) is 2. The number of rotatable bonds is 4. The fraction of sp³-hybridized carbons (Fsp3) is 0.462. The van der Waals surface area contributed by atoms with Gasteiger partial charge in [-0.1, -0.05) is 0 Å². The van der Waals surface area contributed by atoms with E-state index in [0.29, 0.717) is 0 Å². The number of benzene rings is 1. The number of hydrogen-bond acceptors (Lipinski definition) is 3. The zero-order valence-electron chi connectivity index (χ0n) is 9.98. The molecular formula is C13H19N3O. The van der Waals surface area contributed by atoms with Gasteiger partial charge in [0.1, 0.15) is 0 Å². The minimum absolute atomic E-state index is 0.184. The molecule has 1 fully saturated rings. The maximum atomic E-state index is 10.6. The van der Waals surface area contributed by atoms with Gasteiger partial charge in [-0.3, -0.25) is 4.79 Å². The molecule has 0 saturated carbocycles. The first kappa shape index (κ1) is 11.8. The molecule has 0 bridgehead atoms. The molecule has 0 spiro atoms. The summed E-state index contributed by atoms with van der Waals surface area (Å²) in [6.07, 6.45) is 3.90. The van der Waals surface area contributed by atoms with Gasteiger partial charge in [0.2, 0.25) is 5.91 Å². The van der Waals surface area contributed by atoms with Crippen molar-refractivity contribution in [1.82, 2.24) is 0 Å². The van der Waals surface area contributed by atoms with Crippen molar-refractivity contribution < 1.29 is 4.79 Å². The Morgan fingerprint density at radius 1 is 1.18 bits per heavy atom. The largest absolute Gasteiger partial charge is 0.376 e. The fourth-order valence-corrected chi connectivity index (χ4v) is 2.13. The molecule has 4 heteroatoms. The fourth-order valence-electron chi connectivity index (χ4n) is 2.13. The van der Waals surface area contributed by atoms with Crippen LogP contribution >= 0.6 is 0 Å². The highest BCUT2D eigenvalue weighted by Crippen LogP contribution is 2.21. The van der Waals surface area contributed by atoms with Crippen molar-refractivity contribution in [1.29, 1.82) is 0 Å². The molecule has 0 aromatic heterocycles. The lowest BCUT2D eigenvalue weighted by molar-refractivity contribution is -0.116. The zero-order valence-corrected chi connectivity index (χ0v) is 9.98. The summed E-state index contributed by atoms with van der Waals surface area (Å²) in [5.74, 6) is -0.342. The van der Waals surface area contributed by atoms with Crippen LogP contribution in [0.15, 0.2) is 24.3 Å². The molecule has 1 aliphatic heterocycles. The average Bonchev–Trinajstić information content (AvgIpc) is 2.38. The number of carbonyl (C=O) groups excluding carboxylic acids is 1. The molecule has 4 nitrogen and oxygen atoms in total. The predicted molar refractivity (Wildman–Crippen MR) is 70.2 cm³/mol. The van der Waals surface area contributed by atoms with Crippen LogP contribution in [0.4, 0.5) is 11.4 Å². The van der Waals surface area contributed by atoms with Crippen molar-refractivity contribution in [3.63, 3.8) is 0 Å². The maximum absolute atomic E-state index is 10.6. The van der Waals surface area contributed by atoms with E-state index < -0.39 is 0 Å². The summed E-state index contributed by atoms with van der Waals surface area (Å²) in [6, 6.07) is 8.17. The molecule has 1 aromatic rings. The third kappa shape index (κ3) is 3.37. The summed E-state index contributed by atoms with van der Waals surface area (Å²) >= 11 is 0. The minimum Gasteiger partial charge on any atom is -0.376 e. The number of nitrogens with one attached hydrogen (secondary N) is 1. The van der Waals surface area contributed by atoms with Gasteiger partial charge in [0.15, 0.2) is 0 Å². The molecule has 1 amide bonds. The van der Waals surface area contributed by atoms with Gasteiger partial charge in [0.25, 0.3) is 0 Å².